The second kappa shape index (κ2) is 6.43. The van der Waals surface area contributed by atoms with Crippen LogP contribution in [0, 0.1) is 12.7 Å². The maximum Gasteiger partial charge on any atom is 0.234 e. The fourth-order valence-corrected chi connectivity index (χ4v) is 2.55. The summed E-state index contributed by atoms with van der Waals surface area (Å²) in [5, 5.41) is 14.1. The number of aromatic nitrogens is 4. The number of halogens is 1. The number of amides is 1. The fraction of sp³-hybridized carbons (Fsp3) is 0.222. The summed E-state index contributed by atoms with van der Waals surface area (Å²) in [6.07, 6.45) is 1.50. The van der Waals surface area contributed by atoms with Crippen molar-refractivity contribution < 1.29 is 9.18 Å². The van der Waals surface area contributed by atoms with Gasteiger partial charge in [0.15, 0.2) is 0 Å². The molecule has 0 aliphatic rings. The standard InChI is InChI=1S/C18H18FN5O/c1-12-15(5-4-6-16(12)24-11-20-22-23-24)21-17(25)18(2,3)13-7-9-14(19)10-8-13/h4-11H,1-3H3,(H,21,25). The van der Waals surface area contributed by atoms with Crippen LogP contribution in [0.5, 0.6) is 0 Å². The average Bonchev–Trinajstić information content (AvgIpc) is 3.11. The number of hydrogen-bond donors (Lipinski definition) is 1. The van der Waals surface area contributed by atoms with Gasteiger partial charge in [0.1, 0.15) is 12.1 Å². The molecule has 0 spiro atoms. The highest BCUT2D eigenvalue weighted by Crippen LogP contribution is 2.27. The minimum absolute atomic E-state index is 0.184. The number of hydrogen-bond acceptors (Lipinski definition) is 4. The van der Waals surface area contributed by atoms with Crippen LogP contribution in [0.3, 0.4) is 0 Å². The summed E-state index contributed by atoms with van der Waals surface area (Å²) in [5.74, 6) is -0.513. The summed E-state index contributed by atoms with van der Waals surface area (Å²) in [7, 11) is 0. The molecule has 7 heteroatoms. The van der Waals surface area contributed by atoms with Gasteiger partial charge in [-0.05, 0) is 66.6 Å². The molecule has 3 rings (SSSR count). The quantitative estimate of drug-likeness (QED) is 0.793. The Kier molecular flexibility index (Phi) is 4.31. The third-order valence-corrected chi connectivity index (χ3v) is 4.28. The maximum absolute atomic E-state index is 13.1. The van der Waals surface area contributed by atoms with Gasteiger partial charge in [-0.1, -0.05) is 18.2 Å². The van der Waals surface area contributed by atoms with Crippen molar-refractivity contribution in [2.24, 2.45) is 0 Å². The normalized spacial score (nSPS) is 11.4. The Labute approximate surface area is 144 Å². The van der Waals surface area contributed by atoms with Crippen molar-refractivity contribution in [1.29, 1.82) is 0 Å². The van der Waals surface area contributed by atoms with Gasteiger partial charge in [-0.2, -0.15) is 0 Å². The van der Waals surface area contributed by atoms with Crippen molar-refractivity contribution in [3.05, 3.63) is 65.7 Å². The Hall–Kier alpha value is -3.09. The van der Waals surface area contributed by atoms with Gasteiger partial charge in [0.25, 0.3) is 0 Å². The first kappa shape index (κ1) is 16.8. The van der Waals surface area contributed by atoms with Gasteiger partial charge in [0.05, 0.1) is 11.1 Å². The fourth-order valence-electron chi connectivity index (χ4n) is 2.55. The molecule has 0 aliphatic carbocycles. The van der Waals surface area contributed by atoms with Crippen molar-refractivity contribution in [1.82, 2.24) is 20.2 Å². The molecule has 0 saturated heterocycles. The summed E-state index contributed by atoms with van der Waals surface area (Å²) in [6.45, 7) is 5.49. The second-order valence-electron chi connectivity index (χ2n) is 6.29. The van der Waals surface area contributed by atoms with Gasteiger partial charge in [-0.3, -0.25) is 4.79 Å². The van der Waals surface area contributed by atoms with E-state index in [9.17, 15) is 9.18 Å². The molecule has 128 valence electrons. The summed E-state index contributed by atoms with van der Waals surface area (Å²) in [4.78, 5) is 12.8. The number of carbonyl (C=O) groups excluding carboxylic acids is 1. The van der Waals surface area contributed by atoms with Gasteiger partial charge in [-0.15, -0.1) is 5.10 Å². The summed E-state index contributed by atoms with van der Waals surface area (Å²) in [6, 6.07) is 11.5. The van der Waals surface area contributed by atoms with E-state index in [0.29, 0.717) is 5.69 Å². The lowest BCUT2D eigenvalue weighted by Gasteiger charge is -2.25. The van der Waals surface area contributed by atoms with E-state index in [2.05, 4.69) is 20.8 Å². The lowest BCUT2D eigenvalue weighted by atomic mass is 9.83. The minimum atomic E-state index is -0.815. The number of anilines is 1. The van der Waals surface area contributed by atoms with E-state index in [1.54, 1.807) is 26.0 Å². The van der Waals surface area contributed by atoms with Gasteiger partial charge >= 0.3 is 0 Å². The molecule has 1 amide bonds. The van der Waals surface area contributed by atoms with Crippen molar-refractivity contribution in [2.75, 3.05) is 5.32 Å². The van der Waals surface area contributed by atoms with Crippen LogP contribution in [-0.2, 0) is 10.2 Å². The zero-order chi connectivity index (χ0) is 18.0. The Balaban J connectivity index is 1.88. The monoisotopic (exact) mass is 339 g/mol. The third-order valence-electron chi connectivity index (χ3n) is 4.28. The Morgan fingerprint density at radius 1 is 1.16 bits per heavy atom. The third kappa shape index (κ3) is 3.26. The number of tetrazole rings is 1. The number of rotatable bonds is 4. The maximum atomic E-state index is 13.1. The van der Waals surface area contributed by atoms with E-state index in [4.69, 9.17) is 0 Å². The molecule has 6 nitrogen and oxygen atoms in total. The molecule has 0 saturated carbocycles. The molecule has 0 fully saturated rings. The molecule has 0 aliphatic heterocycles. The Morgan fingerprint density at radius 3 is 2.52 bits per heavy atom. The van der Waals surface area contributed by atoms with E-state index in [1.807, 2.05) is 25.1 Å². The molecule has 1 N–H and O–H groups in total. The molecule has 1 aromatic heterocycles. The summed E-state index contributed by atoms with van der Waals surface area (Å²) in [5.41, 5.74) is 2.22. The van der Waals surface area contributed by atoms with E-state index in [1.165, 1.54) is 23.1 Å². The summed E-state index contributed by atoms with van der Waals surface area (Å²) >= 11 is 0. The zero-order valence-electron chi connectivity index (χ0n) is 14.2. The van der Waals surface area contributed by atoms with Gasteiger partial charge in [0, 0.05) is 5.69 Å². The van der Waals surface area contributed by atoms with Gasteiger partial charge in [-0.25, -0.2) is 9.07 Å². The topological polar surface area (TPSA) is 72.7 Å². The van der Waals surface area contributed by atoms with Crippen molar-refractivity contribution in [2.45, 2.75) is 26.2 Å². The first-order valence-electron chi connectivity index (χ1n) is 7.80. The van der Waals surface area contributed by atoms with Crippen LogP contribution >= 0.6 is 0 Å². The molecule has 1 heterocycles. The molecule has 0 unspecified atom stereocenters. The largest absolute Gasteiger partial charge is 0.325 e. The molecule has 0 atom stereocenters. The van der Waals surface area contributed by atoms with E-state index in [0.717, 1.165) is 16.8 Å². The number of carbonyl (C=O) groups is 1. The average molecular weight is 339 g/mol. The predicted octanol–water partition coefficient (Wildman–Crippen LogP) is 3.03. The van der Waals surface area contributed by atoms with Crippen LogP contribution < -0.4 is 5.32 Å². The lowest BCUT2D eigenvalue weighted by Crippen LogP contribution is -2.35. The minimum Gasteiger partial charge on any atom is -0.325 e. The molecule has 0 bridgehead atoms. The Bertz CT molecular complexity index is 888. The van der Waals surface area contributed by atoms with E-state index < -0.39 is 5.41 Å². The number of nitrogens with zero attached hydrogens (tertiary/aromatic N) is 4. The first-order chi connectivity index (χ1) is 11.9. The first-order valence-corrected chi connectivity index (χ1v) is 7.80. The van der Waals surface area contributed by atoms with Crippen molar-refractivity contribution >= 4 is 11.6 Å². The van der Waals surface area contributed by atoms with Crippen LogP contribution in [-0.4, -0.2) is 26.1 Å². The second-order valence-corrected chi connectivity index (χ2v) is 6.29. The van der Waals surface area contributed by atoms with Crippen molar-refractivity contribution in [3.63, 3.8) is 0 Å². The van der Waals surface area contributed by atoms with Crippen LogP contribution in [0.15, 0.2) is 48.8 Å². The van der Waals surface area contributed by atoms with E-state index >= 15 is 0 Å². The smallest absolute Gasteiger partial charge is 0.234 e. The Morgan fingerprint density at radius 2 is 1.88 bits per heavy atom. The highest BCUT2D eigenvalue weighted by Gasteiger charge is 2.30. The van der Waals surface area contributed by atoms with E-state index in [-0.39, 0.29) is 11.7 Å². The SMILES string of the molecule is Cc1c(NC(=O)C(C)(C)c2ccc(F)cc2)cccc1-n1cnnn1. The highest BCUT2D eigenvalue weighted by molar-refractivity contribution is 5.99. The van der Waals surface area contributed by atoms with Gasteiger partial charge in [0.2, 0.25) is 5.91 Å². The molecule has 25 heavy (non-hydrogen) atoms. The van der Waals surface area contributed by atoms with Crippen LogP contribution in [0.4, 0.5) is 10.1 Å². The van der Waals surface area contributed by atoms with Crippen LogP contribution in [0.2, 0.25) is 0 Å². The van der Waals surface area contributed by atoms with Crippen molar-refractivity contribution in [3.8, 4) is 5.69 Å². The zero-order valence-corrected chi connectivity index (χ0v) is 14.2. The molecule has 2 aromatic carbocycles. The molecule has 0 radical (unpaired) electrons. The number of benzene rings is 2. The van der Waals surface area contributed by atoms with Crippen LogP contribution in [0.25, 0.3) is 5.69 Å². The molecular formula is C18H18FN5O. The predicted molar refractivity (Wildman–Crippen MR) is 91.9 cm³/mol. The highest BCUT2D eigenvalue weighted by atomic mass is 19.1. The summed E-state index contributed by atoms with van der Waals surface area (Å²) < 4.78 is 14.7. The van der Waals surface area contributed by atoms with Crippen LogP contribution in [0.1, 0.15) is 25.0 Å². The molecule has 3 aromatic rings. The number of nitrogens with one attached hydrogen (secondary N) is 1. The lowest BCUT2D eigenvalue weighted by molar-refractivity contribution is -0.120. The molecular weight excluding hydrogens is 321 g/mol. The van der Waals surface area contributed by atoms with Gasteiger partial charge < -0.3 is 5.32 Å².